The molecule has 1 N–H and O–H groups in total. The number of nitrogens with zero attached hydrogens (tertiary/aromatic N) is 1. The van der Waals surface area contributed by atoms with E-state index in [1.165, 1.54) is 70.6 Å². The number of unbranched alkanes of at least 4 members (excludes halogenated alkanes) is 12. The summed E-state index contributed by atoms with van der Waals surface area (Å²) in [6.07, 6.45) is 16.9. The molecule has 0 spiro atoms. The summed E-state index contributed by atoms with van der Waals surface area (Å²) in [5, 5.41) is 3.18. The summed E-state index contributed by atoms with van der Waals surface area (Å²) in [5.74, 6) is 0. The number of hydrogen-bond donors (Lipinski definition) is 1. The van der Waals surface area contributed by atoms with E-state index in [2.05, 4.69) is 12.2 Å². The number of para-hydroxylation sites is 2. The van der Waals surface area contributed by atoms with E-state index in [-0.39, 0.29) is 29.6 Å². The first-order chi connectivity index (χ1) is 13.5. The van der Waals surface area contributed by atoms with Gasteiger partial charge in [-0.1, -0.05) is 96.1 Å². The number of nitrogens with one attached hydrogen (secondary N) is 1. The van der Waals surface area contributed by atoms with Crippen LogP contribution < -0.4 is 39.2 Å². The van der Waals surface area contributed by atoms with E-state index >= 15 is 0 Å². The molecule has 1 unspecified atom stereocenters. The van der Waals surface area contributed by atoms with Crippen molar-refractivity contribution in [1.29, 1.82) is 0 Å². The molecule has 1 atom stereocenters. The molecule has 0 saturated heterocycles. The summed E-state index contributed by atoms with van der Waals surface area (Å²) in [7, 11) is -4.51. The van der Waals surface area contributed by atoms with E-state index in [0.29, 0.717) is 12.1 Å². The molecule has 1 aliphatic heterocycles. The van der Waals surface area contributed by atoms with E-state index in [9.17, 15) is 13.0 Å². The van der Waals surface area contributed by atoms with Gasteiger partial charge in [0.15, 0.2) is 10.3 Å². The summed E-state index contributed by atoms with van der Waals surface area (Å²) in [6, 6.07) is 7.10. The summed E-state index contributed by atoms with van der Waals surface area (Å²) in [5.41, 5.74) is 1.19. The number of fused-ring (bicyclic) bond motifs is 1. The normalized spacial score (nSPS) is 15.7. The van der Waals surface area contributed by atoms with Crippen LogP contribution in [0, 0.1) is 0 Å². The van der Waals surface area contributed by atoms with Gasteiger partial charge in [-0.05, 0) is 25.0 Å². The molecule has 1 heterocycles. The minimum atomic E-state index is -4.51. The van der Waals surface area contributed by atoms with Crippen molar-refractivity contribution in [1.82, 2.24) is 0 Å². The minimum Gasteiger partial charge on any atom is -0.731 e. The van der Waals surface area contributed by atoms with Crippen molar-refractivity contribution in [3.63, 3.8) is 0 Å². The molecule has 0 bridgehead atoms. The Bertz CT molecular complexity index is 670. The maximum atomic E-state index is 11.7. The second kappa shape index (κ2) is 14.7. The van der Waals surface area contributed by atoms with Crippen molar-refractivity contribution < 1.29 is 42.5 Å². The Labute approximate surface area is 200 Å². The van der Waals surface area contributed by atoms with E-state index in [0.717, 1.165) is 22.8 Å². The van der Waals surface area contributed by atoms with Crippen molar-refractivity contribution in [2.75, 3.05) is 9.62 Å². The van der Waals surface area contributed by atoms with Crippen LogP contribution in [0.1, 0.15) is 96.8 Å². The average Bonchev–Trinajstić information content (AvgIpc) is 3.04. The molecule has 0 aliphatic carbocycles. The molecule has 0 saturated carbocycles. The Balaban J connectivity index is 0.00000420. The van der Waals surface area contributed by atoms with Gasteiger partial charge >= 0.3 is 29.6 Å². The van der Waals surface area contributed by atoms with Gasteiger partial charge in [0.05, 0.1) is 11.4 Å². The first-order valence-corrected chi connectivity index (χ1v) is 12.5. The maximum Gasteiger partial charge on any atom is 1.00 e. The Morgan fingerprint density at radius 3 is 1.86 bits per heavy atom. The molecule has 2 rings (SSSR count). The van der Waals surface area contributed by atoms with Crippen LogP contribution in [-0.2, 0) is 10.3 Å². The molecule has 0 amide bonds. The van der Waals surface area contributed by atoms with Crippen LogP contribution >= 0.6 is 0 Å². The van der Waals surface area contributed by atoms with Gasteiger partial charge in [-0.3, -0.25) is 4.31 Å². The van der Waals surface area contributed by atoms with Crippen LogP contribution in [0.25, 0.3) is 0 Å². The van der Waals surface area contributed by atoms with Gasteiger partial charge in [0.1, 0.15) is 6.17 Å². The van der Waals surface area contributed by atoms with Gasteiger partial charge in [0, 0.05) is 0 Å². The van der Waals surface area contributed by atoms with Gasteiger partial charge < -0.3 is 9.87 Å². The third-order valence-corrected chi connectivity index (χ3v) is 6.50. The Hall–Kier alpha value is -0.270. The first kappa shape index (κ1) is 26.8. The molecule has 5 nitrogen and oxygen atoms in total. The molecule has 0 fully saturated rings. The summed E-state index contributed by atoms with van der Waals surface area (Å²) < 4.78 is 36.0. The Morgan fingerprint density at radius 1 is 0.862 bits per heavy atom. The van der Waals surface area contributed by atoms with Crippen molar-refractivity contribution in [3.05, 3.63) is 24.3 Å². The quantitative estimate of drug-likeness (QED) is 0.262. The van der Waals surface area contributed by atoms with Crippen LogP contribution in [0.2, 0.25) is 0 Å². The molecule has 1 aromatic rings. The third kappa shape index (κ3) is 9.60. The fourth-order valence-electron chi connectivity index (χ4n) is 4.02. The average molecular weight is 433 g/mol. The zero-order valence-corrected chi connectivity index (χ0v) is 21.2. The standard InChI is InChI=1S/C22H38N2O3S.Na/c1-2-3-4-5-6-7-8-9-10-11-12-13-14-19-22-23-20-17-15-16-18-21(20)24(22)28(25,26)27;/h15-18,22-23H,2-14,19H2,1H3,(H,25,26,27);/q;+1/p-1. The van der Waals surface area contributed by atoms with Crippen molar-refractivity contribution in [3.8, 4) is 0 Å². The molecule has 160 valence electrons. The minimum absolute atomic E-state index is 0. The van der Waals surface area contributed by atoms with Crippen molar-refractivity contribution >= 4 is 21.7 Å². The number of anilines is 2. The monoisotopic (exact) mass is 432 g/mol. The van der Waals surface area contributed by atoms with Gasteiger partial charge in [-0.25, -0.2) is 8.42 Å². The van der Waals surface area contributed by atoms with Gasteiger partial charge in [0.2, 0.25) is 0 Å². The zero-order chi connectivity index (χ0) is 20.2. The molecule has 0 radical (unpaired) electrons. The largest absolute Gasteiger partial charge is 1.00 e. The number of rotatable bonds is 15. The maximum absolute atomic E-state index is 11.7. The Morgan fingerprint density at radius 2 is 1.34 bits per heavy atom. The molecule has 29 heavy (non-hydrogen) atoms. The zero-order valence-electron chi connectivity index (χ0n) is 18.4. The fourth-order valence-corrected chi connectivity index (χ4v) is 4.88. The van der Waals surface area contributed by atoms with Crippen molar-refractivity contribution in [2.24, 2.45) is 0 Å². The summed E-state index contributed by atoms with van der Waals surface area (Å²) in [4.78, 5) is 0. The van der Waals surface area contributed by atoms with Gasteiger partial charge in [-0.15, -0.1) is 0 Å². The van der Waals surface area contributed by atoms with Crippen LogP contribution in [0.15, 0.2) is 24.3 Å². The van der Waals surface area contributed by atoms with E-state index in [1.54, 1.807) is 12.1 Å². The first-order valence-electron chi connectivity index (χ1n) is 11.1. The van der Waals surface area contributed by atoms with Crippen molar-refractivity contribution in [2.45, 2.75) is 103 Å². The summed E-state index contributed by atoms with van der Waals surface area (Å²) in [6.45, 7) is 2.25. The molecule has 1 aliphatic rings. The molecule has 7 heteroatoms. The molecular formula is C22H37N2NaO3S. The van der Waals surface area contributed by atoms with Crippen LogP contribution in [0.5, 0.6) is 0 Å². The smallest absolute Gasteiger partial charge is 0.731 e. The fraction of sp³-hybridized carbons (Fsp3) is 0.727. The van der Waals surface area contributed by atoms with Crippen LogP contribution in [0.4, 0.5) is 11.4 Å². The topological polar surface area (TPSA) is 72.5 Å². The Kier molecular flexibility index (Phi) is 13.6. The number of benzene rings is 1. The second-order valence-corrected chi connectivity index (χ2v) is 9.21. The third-order valence-electron chi connectivity index (χ3n) is 5.57. The number of hydrogen-bond acceptors (Lipinski definition) is 4. The predicted octanol–water partition coefficient (Wildman–Crippen LogP) is 3.19. The molecule has 1 aromatic carbocycles. The van der Waals surface area contributed by atoms with E-state index < -0.39 is 16.5 Å². The molecule has 0 aromatic heterocycles. The predicted molar refractivity (Wildman–Crippen MR) is 116 cm³/mol. The van der Waals surface area contributed by atoms with Gasteiger partial charge in [-0.2, -0.15) is 0 Å². The van der Waals surface area contributed by atoms with Crippen LogP contribution in [-0.4, -0.2) is 19.1 Å². The van der Waals surface area contributed by atoms with E-state index in [1.807, 2.05) is 12.1 Å². The SMILES string of the molecule is CCCCCCCCCCCCCCCC1Nc2ccccc2N1S(=O)(=O)[O-].[Na+]. The van der Waals surface area contributed by atoms with Gasteiger partial charge in [0.25, 0.3) is 0 Å². The van der Waals surface area contributed by atoms with Crippen LogP contribution in [0.3, 0.4) is 0 Å². The summed E-state index contributed by atoms with van der Waals surface area (Å²) >= 11 is 0. The second-order valence-electron chi connectivity index (χ2n) is 7.96. The van der Waals surface area contributed by atoms with E-state index in [4.69, 9.17) is 0 Å². The molecular weight excluding hydrogens is 395 g/mol.